The minimum atomic E-state index is -0.460. The van der Waals surface area contributed by atoms with Gasteiger partial charge in [-0.2, -0.15) is 0 Å². The fourth-order valence-electron chi connectivity index (χ4n) is 5.30. The number of carbonyl (C=O) groups is 1. The van der Waals surface area contributed by atoms with E-state index in [2.05, 4.69) is 43.7 Å². The van der Waals surface area contributed by atoms with E-state index in [-0.39, 0.29) is 5.91 Å². The van der Waals surface area contributed by atoms with E-state index in [0.717, 1.165) is 66.1 Å². The van der Waals surface area contributed by atoms with Gasteiger partial charge in [0.15, 0.2) is 0 Å². The lowest BCUT2D eigenvalue weighted by Crippen LogP contribution is -2.47. The van der Waals surface area contributed by atoms with Crippen LogP contribution in [0.25, 0.3) is 10.9 Å². The van der Waals surface area contributed by atoms with E-state index in [1.165, 1.54) is 0 Å². The van der Waals surface area contributed by atoms with Crippen LogP contribution >= 0.6 is 0 Å². The van der Waals surface area contributed by atoms with Crippen molar-refractivity contribution in [2.45, 2.75) is 24.8 Å². The molecule has 0 bridgehead atoms. The SMILES string of the molecule is Cn1ccnc1CN1CCC2(CC1)C(=O)N(c1ccc3ncccc3c1)c1ccccc12. The van der Waals surface area contributed by atoms with Crippen LogP contribution in [0.4, 0.5) is 11.4 Å². The molecule has 4 aromatic rings. The van der Waals surface area contributed by atoms with Crippen LogP contribution in [0.1, 0.15) is 24.2 Å². The summed E-state index contributed by atoms with van der Waals surface area (Å²) < 4.78 is 2.07. The summed E-state index contributed by atoms with van der Waals surface area (Å²) >= 11 is 0. The maximum absolute atomic E-state index is 14.0. The number of aromatic nitrogens is 3. The number of amides is 1. The van der Waals surface area contributed by atoms with E-state index in [4.69, 9.17) is 0 Å². The van der Waals surface area contributed by atoms with Gasteiger partial charge in [-0.25, -0.2) is 4.98 Å². The van der Waals surface area contributed by atoms with Gasteiger partial charge in [-0.05, 0) is 61.8 Å². The number of pyridine rings is 1. The first-order valence-electron chi connectivity index (χ1n) is 11.1. The molecule has 0 aliphatic carbocycles. The molecular weight excluding hydrogens is 398 g/mol. The summed E-state index contributed by atoms with van der Waals surface area (Å²) in [6.07, 6.45) is 7.26. The third-order valence-electron chi connectivity index (χ3n) is 7.11. The number of aryl methyl sites for hydroxylation is 1. The Balaban J connectivity index is 1.33. The predicted octanol–water partition coefficient (Wildman–Crippen LogP) is 4.18. The number of hydrogen-bond donors (Lipinski definition) is 0. The lowest BCUT2D eigenvalue weighted by molar-refractivity contribution is -0.124. The number of rotatable bonds is 3. The fourth-order valence-corrected chi connectivity index (χ4v) is 5.30. The van der Waals surface area contributed by atoms with Crippen molar-refractivity contribution in [3.63, 3.8) is 0 Å². The minimum absolute atomic E-state index is 0.193. The summed E-state index contributed by atoms with van der Waals surface area (Å²) in [6, 6.07) is 18.4. The third-order valence-corrected chi connectivity index (χ3v) is 7.11. The topological polar surface area (TPSA) is 54.3 Å². The van der Waals surface area contributed by atoms with Crippen LogP contribution in [0.5, 0.6) is 0 Å². The van der Waals surface area contributed by atoms with E-state index in [1.807, 2.05) is 54.7 Å². The lowest BCUT2D eigenvalue weighted by atomic mass is 9.73. The molecule has 0 radical (unpaired) electrons. The van der Waals surface area contributed by atoms with Crippen LogP contribution in [0.2, 0.25) is 0 Å². The van der Waals surface area contributed by atoms with Crippen LogP contribution in [0, 0.1) is 0 Å². The van der Waals surface area contributed by atoms with Crippen LogP contribution in [-0.2, 0) is 23.8 Å². The first-order chi connectivity index (χ1) is 15.7. The number of benzene rings is 2. The number of nitrogens with zero attached hydrogens (tertiary/aromatic N) is 5. The summed E-state index contributed by atoms with van der Waals surface area (Å²) in [4.78, 5) is 27.3. The molecule has 4 heterocycles. The highest BCUT2D eigenvalue weighted by molar-refractivity contribution is 6.13. The number of anilines is 2. The van der Waals surface area contributed by atoms with Gasteiger partial charge in [-0.1, -0.05) is 24.3 Å². The Labute approximate surface area is 187 Å². The van der Waals surface area contributed by atoms with Crippen LogP contribution < -0.4 is 4.90 Å². The van der Waals surface area contributed by atoms with E-state index in [1.54, 1.807) is 6.20 Å². The van der Waals surface area contributed by atoms with Crippen molar-refractivity contribution in [2.24, 2.45) is 7.05 Å². The summed E-state index contributed by atoms with van der Waals surface area (Å²) in [7, 11) is 2.03. The molecule has 0 atom stereocenters. The molecule has 1 spiro atoms. The zero-order valence-electron chi connectivity index (χ0n) is 18.1. The van der Waals surface area contributed by atoms with E-state index in [9.17, 15) is 4.79 Å². The van der Waals surface area contributed by atoms with Crippen molar-refractivity contribution in [3.05, 3.63) is 84.6 Å². The van der Waals surface area contributed by atoms with Crippen LogP contribution in [0.3, 0.4) is 0 Å². The van der Waals surface area contributed by atoms with Gasteiger partial charge in [0.1, 0.15) is 5.82 Å². The third kappa shape index (κ3) is 2.87. The molecule has 0 unspecified atom stereocenters. The number of piperidine rings is 1. The molecule has 32 heavy (non-hydrogen) atoms. The molecule has 1 saturated heterocycles. The smallest absolute Gasteiger partial charge is 0.242 e. The van der Waals surface area contributed by atoms with Crippen LogP contribution in [0.15, 0.2) is 73.2 Å². The van der Waals surface area contributed by atoms with Crippen molar-refractivity contribution in [1.29, 1.82) is 0 Å². The Morgan fingerprint density at radius 1 is 0.969 bits per heavy atom. The van der Waals surface area contributed by atoms with Gasteiger partial charge in [0, 0.05) is 36.7 Å². The molecule has 6 rings (SSSR count). The summed E-state index contributed by atoms with van der Waals surface area (Å²) in [6.45, 7) is 2.57. The molecule has 1 fully saturated rings. The Hall–Kier alpha value is -3.51. The highest BCUT2D eigenvalue weighted by Gasteiger charge is 2.52. The minimum Gasteiger partial charge on any atom is -0.337 e. The monoisotopic (exact) mass is 423 g/mol. The molecule has 160 valence electrons. The zero-order chi connectivity index (χ0) is 21.7. The van der Waals surface area contributed by atoms with Crippen molar-refractivity contribution >= 4 is 28.2 Å². The second kappa shape index (κ2) is 7.28. The normalized spacial score (nSPS) is 17.9. The number of imidazole rings is 1. The molecule has 2 aromatic heterocycles. The Morgan fingerprint density at radius 2 is 1.81 bits per heavy atom. The highest BCUT2D eigenvalue weighted by Crippen LogP contribution is 2.50. The van der Waals surface area contributed by atoms with Gasteiger partial charge in [-0.3, -0.25) is 19.6 Å². The first-order valence-corrected chi connectivity index (χ1v) is 11.1. The molecule has 0 N–H and O–H groups in total. The molecule has 6 nitrogen and oxygen atoms in total. The molecule has 2 aliphatic rings. The average Bonchev–Trinajstić information content (AvgIpc) is 3.34. The molecule has 1 amide bonds. The van der Waals surface area contributed by atoms with Gasteiger partial charge in [0.05, 0.1) is 23.2 Å². The van der Waals surface area contributed by atoms with Gasteiger partial charge >= 0.3 is 0 Å². The second-order valence-electron chi connectivity index (χ2n) is 8.85. The molecular formula is C26H25N5O. The highest BCUT2D eigenvalue weighted by atomic mass is 16.2. The van der Waals surface area contributed by atoms with Gasteiger partial charge in [0.25, 0.3) is 0 Å². The van der Waals surface area contributed by atoms with E-state index < -0.39 is 5.41 Å². The number of likely N-dealkylation sites (tertiary alicyclic amines) is 1. The zero-order valence-corrected chi connectivity index (χ0v) is 18.1. The number of hydrogen-bond acceptors (Lipinski definition) is 4. The quantitative estimate of drug-likeness (QED) is 0.496. The molecule has 2 aliphatic heterocycles. The molecule has 0 saturated carbocycles. The Bertz CT molecular complexity index is 1320. The molecule has 2 aromatic carbocycles. The standard InChI is InChI=1S/C26H25N5O/c1-29-16-13-28-24(29)18-30-14-10-26(11-15-30)21-6-2-3-7-23(21)31(25(26)32)20-8-9-22-19(17-20)5-4-12-27-22/h2-9,12-13,16-17H,10-11,14-15,18H2,1H3. The average molecular weight is 424 g/mol. The van der Waals surface area contributed by atoms with Crippen LogP contribution in [-0.4, -0.2) is 38.4 Å². The van der Waals surface area contributed by atoms with Gasteiger partial charge < -0.3 is 4.57 Å². The summed E-state index contributed by atoms with van der Waals surface area (Å²) in [5.74, 6) is 1.25. The van der Waals surface area contributed by atoms with E-state index in [0.29, 0.717) is 0 Å². The Morgan fingerprint density at radius 3 is 2.62 bits per heavy atom. The first kappa shape index (κ1) is 19.2. The van der Waals surface area contributed by atoms with Crippen molar-refractivity contribution < 1.29 is 4.79 Å². The largest absolute Gasteiger partial charge is 0.337 e. The number of carbonyl (C=O) groups excluding carboxylic acids is 1. The maximum atomic E-state index is 14.0. The summed E-state index contributed by atoms with van der Waals surface area (Å²) in [5, 5.41) is 1.04. The van der Waals surface area contributed by atoms with Gasteiger partial charge in [-0.15, -0.1) is 0 Å². The predicted molar refractivity (Wildman–Crippen MR) is 125 cm³/mol. The van der Waals surface area contributed by atoms with Crippen molar-refractivity contribution in [1.82, 2.24) is 19.4 Å². The Kier molecular flexibility index (Phi) is 4.36. The number of para-hydroxylation sites is 1. The number of fused-ring (bicyclic) bond motifs is 3. The lowest BCUT2D eigenvalue weighted by Gasteiger charge is -2.38. The maximum Gasteiger partial charge on any atom is 0.242 e. The van der Waals surface area contributed by atoms with Crippen molar-refractivity contribution in [2.75, 3.05) is 18.0 Å². The van der Waals surface area contributed by atoms with Crippen molar-refractivity contribution in [3.8, 4) is 0 Å². The fraction of sp³-hybridized carbons (Fsp3) is 0.269. The van der Waals surface area contributed by atoms with E-state index >= 15 is 0 Å². The summed E-state index contributed by atoms with van der Waals surface area (Å²) in [5.41, 5.74) is 3.56. The molecule has 6 heteroatoms. The second-order valence-corrected chi connectivity index (χ2v) is 8.85. The van der Waals surface area contributed by atoms with Gasteiger partial charge in [0.2, 0.25) is 5.91 Å².